The predicted octanol–water partition coefficient (Wildman–Crippen LogP) is 4.32. The lowest BCUT2D eigenvalue weighted by atomic mass is 9.96. The van der Waals surface area contributed by atoms with Crippen LogP contribution in [0.4, 0.5) is 0 Å². The molecule has 1 aromatic heterocycles. The van der Waals surface area contributed by atoms with Crippen LogP contribution >= 0.6 is 0 Å². The molecule has 0 fully saturated rings. The summed E-state index contributed by atoms with van der Waals surface area (Å²) in [5.74, 6) is 0.689. The van der Waals surface area contributed by atoms with Crippen LogP contribution in [0.3, 0.4) is 0 Å². The van der Waals surface area contributed by atoms with Crippen LogP contribution in [0, 0.1) is 5.92 Å². The van der Waals surface area contributed by atoms with Crippen molar-refractivity contribution in [3.8, 4) is 0 Å². The Morgan fingerprint density at radius 1 is 1.21 bits per heavy atom. The van der Waals surface area contributed by atoms with Crippen molar-refractivity contribution in [2.24, 2.45) is 5.92 Å². The van der Waals surface area contributed by atoms with Gasteiger partial charge in [0.05, 0.1) is 5.52 Å². The lowest BCUT2D eigenvalue weighted by Crippen LogP contribution is -2.23. The quantitative estimate of drug-likeness (QED) is 0.832. The minimum Gasteiger partial charge on any atom is -0.310 e. The van der Waals surface area contributed by atoms with Gasteiger partial charge in [-0.2, -0.15) is 0 Å². The minimum absolute atomic E-state index is 0.436. The number of nitrogens with zero attached hydrogens (tertiary/aromatic N) is 1. The third-order valence-electron chi connectivity index (χ3n) is 3.38. The normalized spacial score (nSPS) is 13.1. The topological polar surface area (TPSA) is 24.9 Å². The van der Waals surface area contributed by atoms with Crippen molar-refractivity contribution in [3.05, 3.63) is 42.1 Å². The SMILES string of the molecule is CCCNC(CC(C)C)c1ccc2cccnc2c1. The number of hydrogen-bond donors (Lipinski definition) is 1. The van der Waals surface area contributed by atoms with Crippen molar-refractivity contribution in [2.45, 2.75) is 39.7 Å². The molecule has 0 saturated heterocycles. The number of aromatic nitrogens is 1. The first-order valence-electron chi connectivity index (χ1n) is 7.28. The summed E-state index contributed by atoms with van der Waals surface area (Å²) >= 11 is 0. The van der Waals surface area contributed by atoms with E-state index in [2.05, 4.69) is 55.3 Å². The second-order valence-electron chi connectivity index (χ2n) is 5.59. The molecular weight excluding hydrogens is 232 g/mol. The van der Waals surface area contributed by atoms with Crippen LogP contribution in [0.1, 0.15) is 45.2 Å². The monoisotopic (exact) mass is 256 g/mol. The molecule has 19 heavy (non-hydrogen) atoms. The zero-order valence-corrected chi connectivity index (χ0v) is 12.2. The molecule has 0 bridgehead atoms. The summed E-state index contributed by atoms with van der Waals surface area (Å²) in [5, 5.41) is 4.87. The van der Waals surface area contributed by atoms with Gasteiger partial charge in [0.25, 0.3) is 0 Å². The summed E-state index contributed by atoms with van der Waals surface area (Å²) in [6.07, 6.45) is 4.20. The second-order valence-corrected chi connectivity index (χ2v) is 5.59. The van der Waals surface area contributed by atoms with E-state index in [9.17, 15) is 0 Å². The number of benzene rings is 1. The summed E-state index contributed by atoms with van der Waals surface area (Å²) in [5.41, 5.74) is 2.44. The first-order chi connectivity index (χ1) is 9.20. The summed E-state index contributed by atoms with van der Waals surface area (Å²) in [6.45, 7) is 7.83. The van der Waals surface area contributed by atoms with Crippen molar-refractivity contribution in [1.29, 1.82) is 0 Å². The lowest BCUT2D eigenvalue weighted by Gasteiger charge is -2.21. The Hall–Kier alpha value is -1.41. The molecule has 0 saturated carbocycles. The lowest BCUT2D eigenvalue weighted by molar-refractivity contribution is 0.430. The Morgan fingerprint density at radius 3 is 2.79 bits per heavy atom. The standard InChI is InChI=1S/C17H24N2/c1-4-9-18-16(11-13(2)3)15-8-7-14-6-5-10-19-17(14)12-15/h5-8,10,12-13,16,18H,4,9,11H2,1-3H3. The molecule has 1 heterocycles. The van der Waals surface area contributed by atoms with Gasteiger partial charge in [0.2, 0.25) is 0 Å². The Balaban J connectivity index is 2.26. The van der Waals surface area contributed by atoms with Gasteiger partial charge >= 0.3 is 0 Å². The van der Waals surface area contributed by atoms with E-state index in [1.54, 1.807) is 0 Å². The van der Waals surface area contributed by atoms with Gasteiger partial charge in [-0.05, 0) is 43.0 Å². The maximum absolute atomic E-state index is 4.46. The largest absolute Gasteiger partial charge is 0.310 e. The number of rotatable bonds is 6. The molecule has 2 heteroatoms. The van der Waals surface area contributed by atoms with Crippen molar-refractivity contribution in [2.75, 3.05) is 6.54 Å². The highest BCUT2D eigenvalue weighted by atomic mass is 14.9. The minimum atomic E-state index is 0.436. The molecule has 1 unspecified atom stereocenters. The highest BCUT2D eigenvalue weighted by Crippen LogP contribution is 2.24. The average Bonchev–Trinajstić information content (AvgIpc) is 2.42. The van der Waals surface area contributed by atoms with Crippen LogP contribution in [0.25, 0.3) is 10.9 Å². The summed E-state index contributed by atoms with van der Waals surface area (Å²) < 4.78 is 0. The molecule has 102 valence electrons. The zero-order valence-electron chi connectivity index (χ0n) is 12.2. The van der Waals surface area contributed by atoms with Gasteiger partial charge in [-0.3, -0.25) is 4.98 Å². The molecule has 2 nitrogen and oxygen atoms in total. The first-order valence-corrected chi connectivity index (χ1v) is 7.28. The summed E-state index contributed by atoms with van der Waals surface area (Å²) in [4.78, 5) is 4.46. The fourth-order valence-electron chi connectivity index (χ4n) is 2.43. The Kier molecular flexibility index (Phi) is 4.92. The molecule has 2 rings (SSSR count). The van der Waals surface area contributed by atoms with Crippen molar-refractivity contribution >= 4 is 10.9 Å². The van der Waals surface area contributed by atoms with E-state index in [-0.39, 0.29) is 0 Å². The highest BCUT2D eigenvalue weighted by molar-refractivity contribution is 5.78. The van der Waals surface area contributed by atoms with E-state index >= 15 is 0 Å². The molecule has 0 spiro atoms. The summed E-state index contributed by atoms with van der Waals surface area (Å²) in [7, 11) is 0. The molecule has 0 aliphatic heterocycles. The third-order valence-corrected chi connectivity index (χ3v) is 3.38. The van der Waals surface area contributed by atoms with E-state index in [1.165, 1.54) is 23.8 Å². The molecule has 2 aromatic rings. The van der Waals surface area contributed by atoms with Crippen molar-refractivity contribution in [1.82, 2.24) is 10.3 Å². The molecule has 0 radical (unpaired) electrons. The Bertz CT molecular complexity index is 519. The van der Waals surface area contributed by atoms with Crippen LogP contribution in [0.2, 0.25) is 0 Å². The van der Waals surface area contributed by atoms with Crippen LogP contribution in [-0.2, 0) is 0 Å². The zero-order chi connectivity index (χ0) is 13.7. The number of pyridine rings is 1. The van der Waals surface area contributed by atoms with E-state index in [0.29, 0.717) is 12.0 Å². The predicted molar refractivity (Wildman–Crippen MR) is 82.2 cm³/mol. The molecule has 1 aromatic carbocycles. The van der Waals surface area contributed by atoms with E-state index in [1.807, 2.05) is 12.3 Å². The van der Waals surface area contributed by atoms with Gasteiger partial charge in [-0.25, -0.2) is 0 Å². The van der Waals surface area contributed by atoms with Crippen LogP contribution in [0.15, 0.2) is 36.5 Å². The fraction of sp³-hybridized carbons (Fsp3) is 0.471. The van der Waals surface area contributed by atoms with Crippen molar-refractivity contribution < 1.29 is 0 Å². The van der Waals surface area contributed by atoms with Gasteiger partial charge in [0.1, 0.15) is 0 Å². The number of hydrogen-bond acceptors (Lipinski definition) is 2. The average molecular weight is 256 g/mol. The molecule has 1 atom stereocenters. The smallest absolute Gasteiger partial charge is 0.0705 e. The Morgan fingerprint density at radius 2 is 2.05 bits per heavy atom. The maximum Gasteiger partial charge on any atom is 0.0705 e. The molecule has 0 amide bonds. The maximum atomic E-state index is 4.46. The van der Waals surface area contributed by atoms with Crippen LogP contribution in [0.5, 0.6) is 0 Å². The van der Waals surface area contributed by atoms with E-state index in [0.717, 1.165) is 12.1 Å². The van der Waals surface area contributed by atoms with Crippen LogP contribution < -0.4 is 5.32 Å². The van der Waals surface area contributed by atoms with E-state index < -0.39 is 0 Å². The fourth-order valence-corrected chi connectivity index (χ4v) is 2.43. The van der Waals surface area contributed by atoms with Crippen molar-refractivity contribution in [3.63, 3.8) is 0 Å². The van der Waals surface area contributed by atoms with Gasteiger partial charge in [-0.1, -0.05) is 39.0 Å². The molecule has 0 aliphatic rings. The number of fused-ring (bicyclic) bond motifs is 1. The van der Waals surface area contributed by atoms with Gasteiger partial charge in [0.15, 0.2) is 0 Å². The third kappa shape index (κ3) is 3.77. The summed E-state index contributed by atoms with van der Waals surface area (Å²) in [6, 6.07) is 11.2. The number of nitrogens with one attached hydrogen (secondary N) is 1. The van der Waals surface area contributed by atoms with Gasteiger partial charge in [-0.15, -0.1) is 0 Å². The van der Waals surface area contributed by atoms with Gasteiger partial charge < -0.3 is 5.32 Å². The second kappa shape index (κ2) is 6.67. The van der Waals surface area contributed by atoms with Gasteiger partial charge in [0, 0.05) is 17.6 Å². The Labute approximate surface area is 116 Å². The van der Waals surface area contributed by atoms with E-state index in [4.69, 9.17) is 0 Å². The molecule has 1 N–H and O–H groups in total. The molecule has 0 aliphatic carbocycles. The first kappa shape index (κ1) is 14.0. The molecular formula is C17H24N2. The van der Waals surface area contributed by atoms with Crippen LogP contribution in [-0.4, -0.2) is 11.5 Å². The highest BCUT2D eigenvalue weighted by Gasteiger charge is 2.13.